The Hall–Kier alpha value is -4.20. The Morgan fingerprint density at radius 2 is 1.87 bits per heavy atom. The van der Waals surface area contributed by atoms with Crippen LogP contribution in [0.1, 0.15) is 51.8 Å². The van der Waals surface area contributed by atoms with Crippen LogP contribution in [-0.2, 0) is 18.3 Å². The molecule has 2 aromatic carbocycles. The van der Waals surface area contributed by atoms with Gasteiger partial charge in [-0.15, -0.1) is 0 Å². The van der Waals surface area contributed by atoms with Gasteiger partial charge in [0.05, 0.1) is 5.69 Å². The summed E-state index contributed by atoms with van der Waals surface area (Å²) in [5, 5.41) is 13.3. The minimum Gasteiger partial charge on any atom is -0.344 e. The molecule has 6 rings (SSSR count). The number of nitrogens with zero attached hydrogens (tertiary/aromatic N) is 2. The van der Waals surface area contributed by atoms with Crippen molar-refractivity contribution < 1.29 is 14.0 Å². The van der Waals surface area contributed by atoms with Crippen LogP contribution < -0.4 is 10.6 Å². The van der Waals surface area contributed by atoms with Crippen molar-refractivity contribution >= 4 is 17.5 Å². The third kappa shape index (κ3) is 4.10. The average molecular weight is 512 g/mol. The highest BCUT2D eigenvalue weighted by Crippen LogP contribution is 2.64. The van der Waals surface area contributed by atoms with Crippen LogP contribution in [-0.4, -0.2) is 32.6 Å². The number of carbonyl (C=O) groups excluding carboxylic acids is 2. The van der Waals surface area contributed by atoms with Crippen molar-refractivity contribution in [3.8, 4) is 11.1 Å². The highest BCUT2D eigenvalue weighted by molar-refractivity contribution is 6.01. The van der Waals surface area contributed by atoms with Crippen LogP contribution in [0.25, 0.3) is 11.1 Å². The minimum atomic E-state index is -0.815. The maximum absolute atomic E-state index is 13.9. The molecule has 2 aliphatic carbocycles. The molecule has 194 valence electrons. The largest absolute Gasteiger partial charge is 0.344 e. The fourth-order valence-electron chi connectivity index (χ4n) is 6.18. The molecule has 1 fully saturated rings. The molecule has 1 spiro atoms. The maximum atomic E-state index is 13.9. The van der Waals surface area contributed by atoms with Crippen molar-refractivity contribution in [2.75, 3.05) is 5.32 Å². The van der Waals surface area contributed by atoms with Crippen LogP contribution in [0.4, 0.5) is 10.1 Å². The third-order valence-electron chi connectivity index (χ3n) is 8.16. The number of hydrogen-bond donors (Lipinski definition) is 3. The molecule has 1 unspecified atom stereocenters. The van der Waals surface area contributed by atoms with Gasteiger partial charge in [0.15, 0.2) is 0 Å². The summed E-state index contributed by atoms with van der Waals surface area (Å²) in [6, 6.07) is 16.2. The second-order valence-electron chi connectivity index (χ2n) is 10.7. The molecule has 2 heterocycles. The zero-order valence-electron chi connectivity index (χ0n) is 21.6. The average Bonchev–Trinajstić information content (AvgIpc) is 3.30. The number of amides is 2. The van der Waals surface area contributed by atoms with E-state index in [-0.39, 0.29) is 22.9 Å². The summed E-state index contributed by atoms with van der Waals surface area (Å²) in [7, 11) is 1.62. The zero-order chi connectivity index (χ0) is 26.6. The number of carbonyl (C=O) groups is 2. The second kappa shape index (κ2) is 8.97. The van der Waals surface area contributed by atoms with E-state index >= 15 is 0 Å². The highest BCUT2D eigenvalue weighted by Gasteiger charge is 2.58. The van der Waals surface area contributed by atoms with E-state index in [2.05, 4.69) is 33.0 Å². The van der Waals surface area contributed by atoms with Gasteiger partial charge in [0.1, 0.15) is 17.6 Å². The third-order valence-corrected chi connectivity index (χ3v) is 8.16. The van der Waals surface area contributed by atoms with E-state index in [1.54, 1.807) is 7.05 Å². The van der Waals surface area contributed by atoms with Gasteiger partial charge in [-0.1, -0.05) is 36.4 Å². The Morgan fingerprint density at radius 1 is 1.13 bits per heavy atom. The van der Waals surface area contributed by atoms with E-state index in [9.17, 15) is 14.0 Å². The fourth-order valence-corrected chi connectivity index (χ4v) is 6.18. The molecule has 2 amide bonds. The molecule has 2 atom stereocenters. The van der Waals surface area contributed by atoms with Gasteiger partial charge in [-0.2, -0.15) is 5.10 Å². The Balaban J connectivity index is 1.31. The van der Waals surface area contributed by atoms with Crippen LogP contribution in [0.3, 0.4) is 0 Å². The number of aryl methyl sites for hydroxylation is 3. The lowest BCUT2D eigenvalue weighted by molar-refractivity contribution is -0.118. The summed E-state index contributed by atoms with van der Waals surface area (Å²) in [5.74, 6) is -1.42. The van der Waals surface area contributed by atoms with E-state index in [1.807, 2.05) is 50.2 Å². The van der Waals surface area contributed by atoms with E-state index in [4.69, 9.17) is 0 Å². The monoisotopic (exact) mass is 511 g/mol. The van der Waals surface area contributed by atoms with Gasteiger partial charge in [0.2, 0.25) is 5.91 Å². The Bertz CT molecular complexity index is 1530. The first-order valence-electron chi connectivity index (χ1n) is 12.9. The van der Waals surface area contributed by atoms with E-state index in [0.717, 1.165) is 47.3 Å². The lowest BCUT2D eigenvalue weighted by atomic mass is 9.82. The highest BCUT2D eigenvalue weighted by atomic mass is 19.1. The molecule has 8 heteroatoms. The molecule has 4 aromatic rings. The van der Waals surface area contributed by atoms with Crippen molar-refractivity contribution in [2.45, 2.75) is 45.1 Å². The maximum Gasteiger partial charge on any atom is 0.268 e. The van der Waals surface area contributed by atoms with Crippen LogP contribution in [0.2, 0.25) is 0 Å². The predicted octanol–water partition coefficient (Wildman–Crippen LogP) is 5.03. The molecule has 0 radical (unpaired) electrons. The number of aromatic amines is 1. The van der Waals surface area contributed by atoms with E-state index < -0.39 is 17.8 Å². The number of benzene rings is 2. The molecule has 38 heavy (non-hydrogen) atoms. The lowest BCUT2D eigenvalue weighted by Crippen LogP contribution is -2.49. The van der Waals surface area contributed by atoms with Crippen LogP contribution in [0.5, 0.6) is 0 Å². The molecule has 0 bridgehead atoms. The first-order chi connectivity index (χ1) is 18.3. The summed E-state index contributed by atoms with van der Waals surface area (Å²) in [6.07, 6.45) is 4.15. The number of fused-ring (bicyclic) bond motifs is 1. The fraction of sp³-hybridized carbons (Fsp3) is 0.300. The van der Waals surface area contributed by atoms with E-state index in [1.165, 1.54) is 22.4 Å². The van der Waals surface area contributed by atoms with Crippen LogP contribution >= 0.6 is 0 Å². The quantitative estimate of drug-likeness (QED) is 0.339. The summed E-state index contributed by atoms with van der Waals surface area (Å²) >= 11 is 0. The van der Waals surface area contributed by atoms with Crippen molar-refractivity contribution in [3.05, 3.63) is 94.8 Å². The van der Waals surface area contributed by atoms with Gasteiger partial charge in [0.25, 0.3) is 5.91 Å². The number of halogens is 1. The predicted molar refractivity (Wildman–Crippen MR) is 143 cm³/mol. The molecule has 2 aliphatic rings. The Labute approximate surface area is 220 Å². The SMILES string of the molecule is Cc1n[nH]c(C)c1-c1ccc(NC(=O)[C@@H](NC(=O)c2cc(F)cn2C)C2c3ccccc3CC23CC3)cc1. The first kappa shape index (κ1) is 24.2. The van der Waals surface area contributed by atoms with Gasteiger partial charge in [-0.25, -0.2) is 4.39 Å². The van der Waals surface area contributed by atoms with Gasteiger partial charge in [-0.05, 0) is 67.3 Å². The smallest absolute Gasteiger partial charge is 0.268 e. The summed E-state index contributed by atoms with van der Waals surface area (Å²) < 4.78 is 15.3. The molecule has 1 saturated carbocycles. The van der Waals surface area contributed by atoms with Crippen LogP contribution in [0, 0.1) is 25.1 Å². The topological polar surface area (TPSA) is 91.8 Å². The molecule has 0 saturated heterocycles. The molecule has 2 aromatic heterocycles. The van der Waals surface area contributed by atoms with Crippen molar-refractivity contribution in [1.82, 2.24) is 20.1 Å². The second-order valence-corrected chi connectivity index (χ2v) is 10.7. The van der Waals surface area contributed by atoms with Crippen molar-refractivity contribution in [2.24, 2.45) is 12.5 Å². The number of rotatable bonds is 6. The summed E-state index contributed by atoms with van der Waals surface area (Å²) in [4.78, 5) is 27.2. The van der Waals surface area contributed by atoms with Gasteiger partial charge >= 0.3 is 0 Å². The zero-order valence-corrected chi connectivity index (χ0v) is 21.6. The number of nitrogens with one attached hydrogen (secondary N) is 3. The molecule has 3 N–H and O–H groups in total. The Kier molecular flexibility index (Phi) is 5.70. The normalized spacial score (nSPS) is 17.7. The Morgan fingerprint density at radius 3 is 2.50 bits per heavy atom. The number of H-pyrrole nitrogens is 1. The van der Waals surface area contributed by atoms with Gasteiger partial charge in [0, 0.05) is 42.2 Å². The van der Waals surface area contributed by atoms with Gasteiger partial charge < -0.3 is 15.2 Å². The van der Waals surface area contributed by atoms with Crippen LogP contribution in [0.15, 0.2) is 60.8 Å². The first-order valence-corrected chi connectivity index (χ1v) is 12.9. The molecular formula is C30H30FN5O2. The minimum absolute atomic E-state index is 0.0430. The van der Waals surface area contributed by atoms with Crippen molar-refractivity contribution in [1.29, 1.82) is 0 Å². The molecular weight excluding hydrogens is 481 g/mol. The van der Waals surface area contributed by atoms with E-state index in [0.29, 0.717) is 5.69 Å². The van der Waals surface area contributed by atoms with Crippen molar-refractivity contribution in [3.63, 3.8) is 0 Å². The standard InChI is InChI=1S/C30H30FN5O2/c1-17-25(18(2)35-34-17)19-8-10-22(11-9-19)32-29(38)27(33-28(37)24-14-21(31)16-36(24)3)26-23-7-5-4-6-20(23)15-30(26)12-13-30/h4-11,14,16,26-27H,12-13,15H2,1-3H3,(H,32,38)(H,33,37)(H,34,35)/t26?,27-/m0/s1. The lowest BCUT2D eigenvalue weighted by Gasteiger charge is -2.29. The number of hydrogen-bond acceptors (Lipinski definition) is 3. The molecule has 7 nitrogen and oxygen atoms in total. The molecule has 0 aliphatic heterocycles. The number of aromatic nitrogens is 3. The summed E-state index contributed by atoms with van der Waals surface area (Å²) in [6.45, 7) is 3.93. The van der Waals surface area contributed by atoms with Gasteiger partial charge in [-0.3, -0.25) is 14.7 Å². The summed E-state index contributed by atoms with van der Waals surface area (Å²) in [5.41, 5.74) is 7.03. The number of anilines is 1.